The summed E-state index contributed by atoms with van der Waals surface area (Å²) in [4.78, 5) is 12.1. The lowest BCUT2D eigenvalue weighted by atomic mass is 9.86. The van der Waals surface area contributed by atoms with Crippen LogP contribution in [-0.2, 0) is 4.79 Å². The van der Waals surface area contributed by atoms with Gasteiger partial charge in [-0.3, -0.25) is 4.79 Å². The molecule has 2 nitrogen and oxygen atoms in total. The number of ketones is 1. The van der Waals surface area contributed by atoms with Crippen LogP contribution in [0, 0.1) is 11.8 Å². The van der Waals surface area contributed by atoms with Gasteiger partial charge in [0.25, 0.3) is 0 Å². The van der Waals surface area contributed by atoms with Crippen molar-refractivity contribution in [3.8, 4) is 0 Å². The normalized spacial score (nSPS) is 35.2. The summed E-state index contributed by atoms with van der Waals surface area (Å²) < 4.78 is 0. The fourth-order valence-electron chi connectivity index (χ4n) is 2.84. The molecule has 0 saturated heterocycles. The van der Waals surface area contributed by atoms with Gasteiger partial charge in [0.2, 0.25) is 0 Å². The van der Waals surface area contributed by atoms with Crippen molar-refractivity contribution in [2.75, 3.05) is 0 Å². The van der Waals surface area contributed by atoms with Gasteiger partial charge in [-0.15, -0.1) is 0 Å². The van der Waals surface area contributed by atoms with Crippen LogP contribution in [0.3, 0.4) is 0 Å². The second-order valence-electron chi connectivity index (χ2n) is 7.39. The van der Waals surface area contributed by atoms with Crippen LogP contribution in [0.1, 0.15) is 66.7 Å². The van der Waals surface area contributed by atoms with Crippen molar-refractivity contribution in [2.45, 2.75) is 72.3 Å². The van der Waals surface area contributed by atoms with Crippen molar-refractivity contribution in [3.05, 3.63) is 35.5 Å². The monoisotopic (exact) mass is 304 g/mol. The fourth-order valence-corrected chi connectivity index (χ4v) is 2.84. The second kappa shape index (κ2) is 8.47. The van der Waals surface area contributed by atoms with Crippen molar-refractivity contribution < 1.29 is 9.90 Å². The fraction of sp³-hybridized carbons (Fsp3) is 0.650. The highest BCUT2D eigenvalue weighted by molar-refractivity contribution is 5.91. The van der Waals surface area contributed by atoms with Gasteiger partial charge in [0.15, 0.2) is 5.78 Å². The predicted molar refractivity (Wildman–Crippen MR) is 93.7 cm³/mol. The summed E-state index contributed by atoms with van der Waals surface area (Å²) in [5.74, 6) is 0.974. The third-order valence-electron chi connectivity index (χ3n) is 4.40. The smallest absolute Gasteiger partial charge is 0.158 e. The largest absolute Gasteiger partial charge is 0.386 e. The standard InChI is InChI=1S/C20H32O2/c1-15(2)18-10-9-16(3)7-6-8-17(4)13-19(21)14-20(5,22)12-11-18/h7,11-13,15,18,22H,6,8-10,14H2,1-5H3/b12-11+,16-7+,17-13+/t18-,20+/m1/s1. The Bertz CT molecular complexity index is 464. The molecule has 2 heteroatoms. The van der Waals surface area contributed by atoms with Gasteiger partial charge in [0.1, 0.15) is 0 Å². The van der Waals surface area contributed by atoms with Crippen LogP contribution in [0.2, 0.25) is 0 Å². The molecule has 0 aromatic heterocycles. The third kappa shape index (κ3) is 7.22. The molecular formula is C20H32O2. The minimum absolute atomic E-state index is 0.00556. The van der Waals surface area contributed by atoms with Crippen LogP contribution >= 0.6 is 0 Å². The quantitative estimate of drug-likeness (QED) is 0.693. The maximum Gasteiger partial charge on any atom is 0.158 e. The van der Waals surface area contributed by atoms with E-state index in [0.717, 1.165) is 31.3 Å². The van der Waals surface area contributed by atoms with Crippen molar-refractivity contribution >= 4 is 5.78 Å². The Balaban J connectivity index is 2.99. The number of allylic oxidation sites excluding steroid dienone is 5. The molecule has 0 radical (unpaired) electrons. The molecule has 1 rings (SSSR count). The number of carbonyl (C=O) groups excluding carboxylic acids is 1. The van der Waals surface area contributed by atoms with Crippen molar-refractivity contribution in [2.24, 2.45) is 11.8 Å². The third-order valence-corrected chi connectivity index (χ3v) is 4.40. The molecule has 0 aromatic rings. The summed E-state index contributed by atoms with van der Waals surface area (Å²) in [6.45, 7) is 10.3. The first-order valence-corrected chi connectivity index (χ1v) is 8.47. The maximum absolute atomic E-state index is 12.1. The van der Waals surface area contributed by atoms with Crippen LogP contribution < -0.4 is 0 Å². The van der Waals surface area contributed by atoms with Crippen molar-refractivity contribution in [3.63, 3.8) is 0 Å². The van der Waals surface area contributed by atoms with Crippen LogP contribution in [-0.4, -0.2) is 16.5 Å². The van der Waals surface area contributed by atoms with Crippen LogP contribution in [0.5, 0.6) is 0 Å². The number of hydrogen-bond donors (Lipinski definition) is 1. The van der Waals surface area contributed by atoms with E-state index in [9.17, 15) is 9.90 Å². The average molecular weight is 304 g/mol. The van der Waals surface area contributed by atoms with Crippen LogP contribution in [0.4, 0.5) is 0 Å². The molecule has 124 valence electrons. The summed E-state index contributed by atoms with van der Waals surface area (Å²) >= 11 is 0. The molecule has 0 aliphatic heterocycles. The van der Waals surface area contributed by atoms with Gasteiger partial charge in [0.05, 0.1) is 5.60 Å². The summed E-state index contributed by atoms with van der Waals surface area (Å²) in [7, 11) is 0. The summed E-state index contributed by atoms with van der Waals surface area (Å²) in [5, 5.41) is 10.4. The Morgan fingerprint density at radius 1 is 1.23 bits per heavy atom. The zero-order valence-electron chi connectivity index (χ0n) is 14.9. The molecule has 0 aromatic carbocycles. The highest BCUT2D eigenvalue weighted by Crippen LogP contribution is 2.24. The van der Waals surface area contributed by atoms with E-state index in [2.05, 4.69) is 32.9 Å². The predicted octanol–water partition coefficient (Wildman–Crippen LogP) is 4.99. The Morgan fingerprint density at radius 3 is 2.55 bits per heavy atom. The minimum atomic E-state index is -1.06. The molecule has 1 aliphatic rings. The molecule has 0 spiro atoms. The van der Waals surface area contributed by atoms with Crippen LogP contribution in [0.15, 0.2) is 35.5 Å². The van der Waals surface area contributed by atoms with Gasteiger partial charge in [-0.2, -0.15) is 0 Å². The van der Waals surface area contributed by atoms with E-state index in [-0.39, 0.29) is 12.2 Å². The first-order valence-electron chi connectivity index (χ1n) is 8.47. The number of carbonyl (C=O) groups is 1. The van der Waals surface area contributed by atoms with Gasteiger partial charge < -0.3 is 5.11 Å². The molecule has 0 heterocycles. The summed E-state index contributed by atoms with van der Waals surface area (Å²) in [6.07, 6.45) is 12.2. The highest BCUT2D eigenvalue weighted by atomic mass is 16.3. The van der Waals surface area contributed by atoms with Crippen molar-refractivity contribution in [1.29, 1.82) is 0 Å². The second-order valence-corrected chi connectivity index (χ2v) is 7.39. The maximum atomic E-state index is 12.1. The summed E-state index contributed by atoms with van der Waals surface area (Å²) in [5.41, 5.74) is 1.45. The molecule has 0 saturated carbocycles. The van der Waals surface area contributed by atoms with E-state index in [1.807, 2.05) is 13.0 Å². The molecule has 0 fully saturated rings. The van der Waals surface area contributed by atoms with Gasteiger partial charge in [0, 0.05) is 6.42 Å². The molecule has 22 heavy (non-hydrogen) atoms. The van der Waals surface area contributed by atoms with E-state index in [0.29, 0.717) is 11.8 Å². The van der Waals surface area contributed by atoms with E-state index >= 15 is 0 Å². The molecular weight excluding hydrogens is 272 g/mol. The molecule has 2 atom stereocenters. The number of aliphatic hydroxyl groups is 1. The molecule has 1 aliphatic carbocycles. The first-order chi connectivity index (χ1) is 10.2. The van der Waals surface area contributed by atoms with E-state index in [1.54, 1.807) is 13.0 Å². The lowest BCUT2D eigenvalue weighted by molar-refractivity contribution is -0.117. The van der Waals surface area contributed by atoms with E-state index in [4.69, 9.17) is 0 Å². The minimum Gasteiger partial charge on any atom is -0.386 e. The van der Waals surface area contributed by atoms with Gasteiger partial charge >= 0.3 is 0 Å². The van der Waals surface area contributed by atoms with Crippen molar-refractivity contribution in [1.82, 2.24) is 0 Å². The van der Waals surface area contributed by atoms with Crippen LogP contribution in [0.25, 0.3) is 0 Å². The SMILES string of the molecule is C/C1=C\C(=O)C[C@@](C)(O)/C=C/[C@H](C(C)C)CC/C(C)=C/CC1. The summed E-state index contributed by atoms with van der Waals surface area (Å²) in [6, 6.07) is 0. The van der Waals surface area contributed by atoms with E-state index in [1.165, 1.54) is 5.57 Å². The topological polar surface area (TPSA) is 37.3 Å². The van der Waals surface area contributed by atoms with Gasteiger partial charge in [-0.1, -0.05) is 43.2 Å². The lowest BCUT2D eigenvalue weighted by Crippen LogP contribution is -2.25. The Labute approximate surface area is 136 Å². The van der Waals surface area contributed by atoms with Gasteiger partial charge in [-0.05, 0) is 64.4 Å². The highest BCUT2D eigenvalue weighted by Gasteiger charge is 2.21. The number of rotatable bonds is 1. The Kier molecular flexibility index (Phi) is 7.28. The average Bonchev–Trinajstić information content (AvgIpc) is 2.36. The molecule has 0 bridgehead atoms. The molecule has 0 amide bonds. The zero-order valence-corrected chi connectivity index (χ0v) is 14.9. The lowest BCUT2D eigenvalue weighted by Gasteiger charge is -2.22. The first kappa shape index (κ1) is 18.9. The zero-order chi connectivity index (χ0) is 16.8. The molecule has 0 unspecified atom stereocenters. The Hall–Kier alpha value is -1.15. The van der Waals surface area contributed by atoms with E-state index < -0.39 is 5.60 Å². The molecule has 1 N–H and O–H groups in total. The Morgan fingerprint density at radius 2 is 1.91 bits per heavy atom. The van der Waals surface area contributed by atoms with Gasteiger partial charge in [-0.25, -0.2) is 0 Å². The number of hydrogen-bond acceptors (Lipinski definition) is 2.